The van der Waals surface area contributed by atoms with Crippen LogP contribution in [0.3, 0.4) is 0 Å². The van der Waals surface area contributed by atoms with Crippen molar-refractivity contribution in [3.63, 3.8) is 0 Å². The molecule has 11 heteroatoms. The maximum absolute atomic E-state index is 12.3. The second-order valence-electron chi connectivity index (χ2n) is 7.39. The first-order chi connectivity index (χ1) is 16.1. The maximum atomic E-state index is 12.3. The van der Waals surface area contributed by atoms with Gasteiger partial charge in [-0.05, 0) is 24.3 Å². The van der Waals surface area contributed by atoms with Gasteiger partial charge in [-0.3, -0.25) is 14.6 Å². The Kier molecular flexibility index (Phi) is 7.00. The largest absolute Gasteiger partial charge is 0.481 e. The van der Waals surface area contributed by atoms with E-state index in [0.717, 1.165) is 37.6 Å². The molecule has 0 radical (unpaired) electrons. The van der Waals surface area contributed by atoms with Crippen LogP contribution in [0.25, 0.3) is 11.3 Å². The Morgan fingerprint density at radius 1 is 1.03 bits per heavy atom. The predicted octanol–water partition coefficient (Wildman–Crippen LogP) is 1.89. The number of piperazine rings is 1. The van der Waals surface area contributed by atoms with Crippen LogP contribution in [0.4, 0.5) is 23.1 Å². The lowest BCUT2D eigenvalue weighted by molar-refractivity contribution is -0.138. The summed E-state index contributed by atoms with van der Waals surface area (Å²) in [5.41, 5.74) is 1.79. The third-order valence-corrected chi connectivity index (χ3v) is 5.01. The number of amides is 1. The zero-order chi connectivity index (χ0) is 23.0. The Hall–Kier alpha value is -4.12. The van der Waals surface area contributed by atoms with Crippen LogP contribution < -0.4 is 20.9 Å². The predicted molar refractivity (Wildman–Crippen MR) is 123 cm³/mol. The van der Waals surface area contributed by atoms with Gasteiger partial charge in [0.2, 0.25) is 5.91 Å². The van der Waals surface area contributed by atoms with Gasteiger partial charge in [0.25, 0.3) is 0 Å². The fraction of sp³-hybridized carbons (Fsp3) is 0.273. The van der Waals surface area contributed by atoms with Crippen molar-refractivity contribution in [1.82, 2.24) is 25.3 Å². The molecule has 33 heavy (non-hydrogen) atoms. The summed E-state index contributed by atoms with van der Waals surface area (Å²) in [5.74, 6) is 0.458. The number of anilines is 4. The van der Waals surface area contributed by atoms with Crippen LogP contribution in [-0.4, -0.2) is 63.1 Å². The van der Waals surface area contributed by atoms with Gasteiger partial charge in [-0.2, -0.15) is 0 Å². The topological polar surface area (TPSA) is 145 Å². The molecule has 0 saturated carbocycles. The number of carbonyl (C=O) groups excluding carboxylic acids is 1. The summed E-state index contributed by atoms with van der Waals surface area (Å²) in [6.45, 7) is 3.45. The van der Waals surface area contributed by atoms with Crippen LogP contribution in [0.1, 0.15) is 12.8 Å². The first-order valence-electron chi connectivity index (χ1n) is 10.6. The number of hydrogen-bond acceptors (Lipinski definition) is 9. The monoisotopic (exact) mass is 448 g/mol. The molecule has 3 aromatic heterocycles. The third-order valence-electron chi connectivity index (χ3n) is 5.01. The SMILES string of the molecule is O=C(O)CCC(=O)Nc1ccc(Nc2cnccn2)nc1-c1ccnc(N2CCNCC2)c1. The van der Waals surface area contributed by atoms with E-state index in [2.05, 4.69) is 35.8 Å². The zero-order valence-electron chi connectivity index (χ0n) is 17.9. The average Bonchev–Trinajstić information content (AvgIpc) is 2.85. The number of aromatic nitrogens is 4. The van der Waals surface area contributed by atoms with E-state index in [-0.39, 0.29) is 12.8 Å². The number of carboxylic acid groups (broad SMARTS) is 1. The van der Waals surface area contributed by atoms with Gasteiger partial charge in [0.05, 0.1) is 24.0 Å². The van der Waals surface area contributed by atoms with Crippen LogP contribution >= 0.6 is 0 Å². The number of nitrogens with zero attached hydrogens (tertiary/aromatic N) is 5. The first-order valence-corrected chi connectivity index (χ1v) is 10.6. The average molecular weight is 448 g/mol. The third kappa shape index (κ3) is 5.98. The molecule has 1 amide bonds. The highest BCUT2D eigenvalue weighted by Gasteiger charge is 2.16. The zero-order valence-corrected chi connectivity index (χ0v) is 17.9. The molecule has 0 bridgehead atoms. The van der Waals surface area contributed by atoms with Crippen molar-refractivity contribution < 1.29 is 14.7 Å². The number of carboxylic acids is 1. The molecule has 4 rings (SSSR count). The van der Waals surface area contributed by atoms with Crippen LogP contribution in [0.15, 0.2) is 49.1 Å². The molecule has 1 aliphatic rings. The van der Waals surface area contributed by atoms with Gasteiger partial charge >= 0.3 is 5.97 Å². The van der Waals surface area contributed by atoms with E-state index >= 15 is 0 Å². The van der Waals surface area contributed by atoms with Gasteiger partial charge < -0.3 is 26.0 Å². The van der Waals surface area contributed by atoms with E-state index in [9.17, 15) is 9.59 Å². The van der Waals surface area contributed by atoms with Gasteiger partial charge in [-0.1, -0.05) is 0 Å². The Bertz CT molecular complexity index is 1120. The fourth-order valence-corrected chi connectivity index (χ4v) is 3.41. The minimum Gasteiger partial charge on any atom is -0.481 e. The molecule has 0 aromatic carbocycles. The Morgan fingerprint density at radius 3 is 2.64 bits per heavy atom. The van der Waals surface area contributed by atoms with Crippen molar-refractivity contribution in [2.24, 2.45) is 0 Å². The summed E-state index contributed by atoms with van der Waals surface area (Å²) in [4.78, 5) is 42.8. The molecule has 0 aliphatic carbocycles. The fourth-order valence-electron chi connectivity index (χ4n) is 3.41. The van der Waals surface area contributed by atoms with Crippen molar-refractivity contribution in [1.29, 1.82) is 0 Å². The van der Waals surface area contributed by atoms with Gasteiger partial charge in [-0.15, -0.1) is 0 Å². The van der Waals surface area contributed by atoms with E-state index in [0.29, 0.717) is 23.0 Å². The van der Waals surface area contributed by atoms with Crippen molar-refractivity contribution in [2.75, 3.05) is 41.7 Å². The summed E-state index contributed by atoms with van der Waals surface area (Å²) < 4.78 is 0. The molecule has 1 aliphatic heterocycles. The smallest absolute Gasteiger partial charge is 0.303 e. The van der Waals surface area contributed by atoms with Crippen molar-refractivity contribution in [3.8, 4) is 11.3 Å². The molecule has 170 valence electrons. The van der Waals surface area contributed by atoms with E-state index in [1.165, 1.54) is 0 Å². The van der Waals surface area contributed by atoms with Gasteiger partial charge in [0.1, 0.15) is 17.5 Å². The van der Waals surface area contributed by atoms with Crippen molar-refractivity contribution in [3.05, 3.63) is 49.1 Å². The summed E-state index contributed by atoms with van der Waals surface area (Å²) in [6.07, 6.45) is 6.07. The van der Waals surface area contributed by atoms with E-state index in [1.807, 2.05) is 12.1 Å². The quantitative estimate of drug-likeness (QED) is 0.403. The van der Waals surface area contributed by atoms with Crippen LogP contribution in [-0.2, 0) is 9.59 Å². The standard InChI is InChI=1S/C22H24N8O3/c31-20(3-4-21(32)33)27-16-1-2-17(28-18-14-24-7-8-25-18)29-22(16)15-5-6-26-19(13-15)30-11-9-23-10-12-30/h1-2,5-8,13-14,23H,3-4,9-12H2,(H,27,31)(H,32,33)(H,25,28,29). The molecule has 0 atom stereocenters. The number of aliphatic carboxylic acids is 1. The molecule has 0 spiro atoms. The van der Waals surface area contributed by atoms with E-state index in [1.54, 1.807) is 36.9 Å². The molecule has 1 saturated heterocycles. The highest BCUT2D eigenvalue weighted by Crippen LogP contribution is 2.30. The van der Waals surface area contributed by atoms with Gasteiger partial charge in [-0.25, -0.2) is 15.0 Å². The van der Waals surface area contributed by atoms with Gasteiger partial charge in [0, 0.05) is 56.8 Å². The summed E-state index contributed by atoms with van der Waals surface area (Å²) in [6, 6.07) is 7.20. The molecule has 3 aromatic rings. The molecule has 1 fully saturated rings. The lowest BCUT2D eigenvalue weighted by Crippen LogP contribution is -2.43. The number of hydrogen-bond donors (Lipinski definition) is 4. The Balaban J connectivity index is 1.65. The molecule has 4 heterocycles. The molecular weight excluding hydrogens is 424 g/mol. The number of carbonyl (C=O) groups is 2. The first kappa shape index (κ1) is 22.1. The minimum absolute atomic E-state index is 0.128. The van der Waals surface area contributed by atoms with Crippen LogP contribution in [0, 0.1) is 0 Å². The van der Waals surface area contributed by atoms with E-state index < -0.39 is 11.9 Å². The van der Waals surface area contributed by atoms with Crippen LogP contribution in [0.5, 0.6) is 0 Å². The summed E-state index contributed by atoms with van der Waals surface area (Å²) in [7, 11) is 0. The lowest BCUT2D eigenvalue weighted by atomic mass is 10.1. The molecule has 4 N–H and O–H groups in total. The molecule has 11 nitrogen and oxygen atoms in total. The second kappa shape index (κ2) is 10.5. The van der Waals surface area contributed by atoms with Crippen LogP contribution in [0.2, 0.25) is 0 Å². The van der Waals surface area contributed by atoms with Crippen molar-refractivity contribution >= 4 is 35.0 Å². The highest BCUT2D eigenvalue weighted by atomic mass is 16.4. The minimum atomic E-state index is -1.03. The number of pyridine rings is 2. The number of rotatable bonds is 8. The van der Waals surface area contributed by atoms with Crippen molar-refractivity contribution in [2.45, 2.75) is 12.8 Å². The summed E-state index contributed by atoms with van der Waals surface area (Å²) in [5, 5.41) is 18.1. The Morgan fingerprint density at radius 2 is 1.88 bits per heavy atom. The molecular formula is C22H24N8O3. The lowest BCUT2D eigenvalue weighted by Gasteiger charge is -2.28. The summed E-state index contributed by atoms with van der Waals surface area (Å²) >= 11 is 0. The van der Waals surface area contributed by atoms with Gasteiger partial charge in [0.15, 0.2) is 0 Å². The maximum Gasteiger partial charge on any atom is 0.303 e. The Labute approximate surface area is 190 Å². The molecule has 0 unspecified atom stereocenters. The normalized spacial score (nSPS) is 13.4. The van der Waals surface area contributed by atoms with E-state index in [4.69, 9.17) is 10.1 Å². The highest BCUT2D eigenvalue weighted by molar-refractivity contribution is 5.96. The number of nitrogens with one attached hydrogen (secondary N) is 3. The second-order valence-corrected chi connectivity index (χ2v) is 7.39.